The Morgan fingerprint density at radius 3 is 3.17 bits per heavy atom. The molecule has 4 nitrogen and oxygen atoms in total. The van der Waals surface area contributed by atoms with Crippen LogP contribution in [0, 0.1) is 11.3 Å². The quantitative estimate of drug-likeness (QED) is 0.872. The van der Waals surface area contributed by atoms with E-state index in [1.807, 2.05) is 11.8 Å². The van der Waals surface area contributed by atoms with Gasteiger partial charge in [-0.1, -0.05) is 13.3 Å². The Morgan fingerprint density at radius 2 is 2.44 bits per heavy atom. The summed E-state index contributed by atoms with van der Waals surface area (Å²) < 4.78 is 0. The number of nitrogens with two attached hydrogens (primary N) is 1. The molecule has 0 aliphatic heterocycles. The first-order valence-corrected chi connectivity index (χ1v) is 7.33. The number of rotatable bonds is 4. The van der Waals surface area contributed by atoms with Crippen LogP contribution in [-0.2, 0) is 0 Å². The average Bonchev–Trinajstić information content (AvgIpc) is 2.79. The van der Waals surface area contributed by atoms with E-state index in [-0.39, 0.29) is 0 Å². The molecule has 1 aromatic rings. The zero-order chi connectivity index (χ0) is 13.0. The van der Waals surface area contributed by atoms with Crippen LogP contribution in [0.15, 0.2) is 12.3 Å². The van der Waals surface area contributed by atoms with Crippen LogP contribution in [0.25, 0.3) is 0 Å². The second-order valence-corrected chi connectivity index (χ2v) is 5.97. The molecule has 1 aromatic heterocycles. The van der Waals surface area contributed by atoms with Crippen molar-refractivity contribution in [2.45, 2.75) is 37.5 Å². The van der Waals surface area contributed by atoms with Crippen LogP contribution in [0.3, 0.4) is 0 Å². The lowest BCUT2D eigenvalue weighted by molar-refractivity contribution is 0.762. The lowest BCUT2D eigenvalue weighted by Crippen LogP contribution is -2.27. The molecule has 1 fully saturated rings. The number of aromatic nitrogens is 1. The second kappa shape index (κ2) is 5.96. The second-order valence-electron chi connectivity index (χ2n) is 4.45. The lowest BCUT2D eigenvalue weighted by atomic mass is 10.2. The number of anilines is 2. The summed E-state index contributed by atoms with van der Waals surface area (Å²) in [5, 5.41) is 13.1. The lowest BCUT2D eigenvalue weighted by Gasteiger charge is -2.21. The van der Waals surface area contributed by atoms with Crippen molar-refractivity contribution in [1.82, 2.24) is 4.98 Å². The molecule has 2 unspecified atom stereocenters. The number of thioether (sulfide) groups is 1. The third kappa shape index (κ3) is 2.88. The molecule has 1 heterocycles. The Balaban J connectivity index is 2.11. The van der Waals surface area contributed by atoms with Crippen LogP contribution in [0.4, 0.5) is 11.5 Å². The Hall–Kier alpha value is -1.41. The van der Waals surface area contributed by atoms with E-state index < -0.39 is 0 Å². The van der Waals surface area contributed by atoms with E-state index >= 15 is 0 Å². The van der Waals surface area contributed by atoms with Gasteiger partial charge in [-0.25, -0.2) is 4.98 Å². The minimum atomic E-state index is 0.415. The molecule has 3 N–H and O–H groups in total. The molecule has 2 rings (SSSR count). The summed E-state index contributed by atoms with van der Waals surface area (Å²) in [6.07, 6.45) is 5.23. The van der Waals surface area contributed by atoms with Crippen LogP contribution in [-0.4, -0.2) is 22.0 Å². The van der Waals surface area contributed by atoms with Crippen molar-refractivity contribution in [2.24, 2.45) is 0 Å². The van der Waals surface area contributed by atoms with E-state index in [9.17, 15) is 0 Å². The van der Waals surface area contributed by atoms with E-state index in [0.29, 0.717) is 28.4 Å². The van der Waals surface area contributed by atoms with Crippen LogP contribution >= 0.6 is 11.8 Å². The molecule has 1 aliphatic carbocycles. The van der Waals surface area contributed by atoms with E-state index in [2.05, 4.69) is 23.3 Å². The molecule has 0 spiro atoms. The number of nitrogen functional groups attached to an aromatic ring is 1. The highest BCUT2D eigenvalue weighted by Crippen LogP contribution is 2.32. The Morgan fingerprint density at radius 1 is 1.61 bits per heavy atom. The smallest absolute Gasteiger partial charge is 0.144 e. The minimum Gasteiger partial charge on any atom is -0.397 e. The summed E-state index contributed by atoms with van der Waals surface area (Å²) in [7, 11) is 0. The Labute approximate surface area is 112 Å². The van der Waals surface area contributed by atoms with Gasteiger partial charge in [0.25, 0.3) is 0 Å². The van der Waals surface area contributed by atoms with Gasteiger partial charge in [-0.05, 0) is 24.7 Å². The van der Waals surface area contributed by atoms with E-state index in [1.165, 1.54) is 12.8 Å². The molecule has 2 atom stereocenters. The number of hydrogen-bond donors (Lipinski definition) is 2. The first kappa shape index (κ1) is 13.0. The van der Waals surface area contributed by atoms with Gasteiger partial charge in [0.2, 0.25) is 0 Å². The van der Waals surface area contributed by atoms with Gasteiger partial charge in [0.15, 0.2) is 0 Å². The van der Waals surface area contributed by atoms with Crippen molar-refractivity contribution in [3.05, 3.63) is 17.8 Å². The Bertz CT molecular complexity index is 455. The number of pyridine rings is 1. The van der Waals surface area contributed by atoms with Gasteiger partial charge in [-0.15, -0.1) is 0 Å². The summed E-state index contributed by atoms with van der Waals surface area (Å²) >= 11 is 1.98. The maximum Gasteiger partial charge on any atom is 0.144 e. The van der Waals surface area contributed by atoms with Gasteiger partial charge in [0.1, 0.15) is 11.9 Å². The first-order valence-electron chi connectivity index (χ1n) is 6.28. The van der Waals surface area contributed by atoms with Gasteiger partial charge in [-0.2, -0.15) is 17.0 Å². The predicted molar refractivity (Wildman–Crippen MR) is 76.5 cm³/mol. The summed E-state index contributed by atoms with van der Waals surface area (Å²) in [6.45, 7) is 2.18. The largest absolute Gasteiger partial charge is 0.397 e. The summed E-state index contributed by atoms with van der Waals surface area (Å²) in [6, 6.07) is 4.23. The van der Waals surface area contributed by atoms with E-state index in [4.69, 9.17) is 11.0 Å². The van der Waals surface area contributed by atoms with Crippen LogP contribution in [0.5, 0.6) is 0 Å². The minimum absolute atomic E-state index is 0.415. The van der Waals surface area contributed by atoms with Gasteiger partial charge < -0.3 is 11.1 Å². The molecule has 1 aliphatic rings. The average molecular weight is 262 g/mol. The van der Waals surface area contributed by atoms with E-state index in [1.54, 1.807) is 12.3 Å². The fourth-order valence-electron chi connectivity index (χ4n) is 2.36. The van der Waals surface area contributed by atoms with Crippen molar-refractivity contribution >= 4 is 23.3 Å². The van der Waals surface area contributed by atoms with Gasteiger partial charge in [0, 0.05) is 11.3 Å². The summed E-state index contributed by atoms with van der Waals surface area (Å²) in [5.74, 6) is 1.80. The van der Waals surface area contributed by atoms with Crippen LogP contribution in [0.2, 0.25) is 0 Å². The molecule has 96 valence electrons. The highest BCUT2D eigenvalue weighted by Gasteiger charge is 2.27. The maximum atomic E-state index is 9.10. The van der Waals surface area contributed by atoms with Gasteiger partial charge >= 0.3 is 0 Å². The highest BCUT2D eigenvalue weighted by atomic mass is 32.2. The number of nitriles is 1. The highest BCUT2D eigenvalue weighted by molar-refractivity contribution is 7.99. The monoisotopic (exact) mass is 262 g/mol. The van der Waals surface area contributed by atoms with Crippen molar-refractivity contribution in [1.29, 1.82) is 5.26 Å². The Kier molecular flexibility index (Phi) is 4.32. The normalized spacial score (nSPS) is 22.7. The van der Waals surface area contributed by atoms with Crippen LogP contribution in [0.1, 0.15) is 31.7 Å². The number of nitrogens with zero attached hydrogens (tertiary/aromatic N) is 2. The molecule has 0 saturated heterocycles. The fraction of sp³-hybridized carbons (Fsp3) is 0.538. The summed E-state index contributed by atoms with van der Waals surface area (Å²) in [4.78, 5) is 4.24. The summed E-state index contributed by atoms with van der Waals surface area (Å²) in [5.41, 5.74) is 6.70. The van der Waals surface area contributed by atoms with Gasteiger partial charge in [-0.3, -0.25) is 0 Å². The number of hydrogen-bond acceptors (Lipinski definition) is 5. The fourth-order valence-corrected chi connectivity index (χ4v) is 3.56. The topological polar surface area (TPSA) is 74.7 Å². The third-order valence-electron chi connectivity index (χ3n) is 3.18. The maximum absolute atomic E-state index is 9.10. The van der Waals surface area contributed by atoms with E-state index in [0.717, 1.165) is 12.2 Å². The molecule has 0 bridgehead atoms. The third-order valence-corrected chi connectivity index (χ3v) is 4.51. The molecule has 0 radical (unpaired) electrons. The zero-order valence-electron chi connectivity index (χ0n) is 10.5. The van der Waals surface area contributed by atoms with Crippen LogP contribution < -0.4 is 11.1 Å². The van der Waals surface area contributed by atoms with Gasteiger partial charge in [0.05, 0.1) is 17.4 Å². The van der Waals surface area contributed by atoms with Crippen molar-refractivity contribution in [3.63, 3.8) is 0 Å². The van der Waals surface area contributed by atoms with Crippen molar-refractivity contribution in [3.8, 4) is 6.07 Å². The molecule has 1 saturated carbocycles. The molecule has 5 heteroatoms. The number of nitrogens with one attached hydrogen (secondary N) is 1. The zero-order valence-corrected chi connectivity index (χ0v) is 11.3. The standard InChI is InChI=1S/C13H18N4S/c1-2-18-12-5-3-4-11(12)17-13-9(7-14)6-10(15)8-16-13/h6,8,11-12H,2-5,15H2,1H3,(H,16,17). The molecule has 18 heavy (non-hydrogen) atoms. The molecular formula is C13H18N4S. The first-order chi connectivity index (χ1) is 8.74. The SMILES string of the molecule is CCSC1CCCC1Nc1ncc(N)cc1C#N. The van der Waals surface area contributed by atoms with Crippen molar-refractivity contribution < 1.29 is 0 Å². The molecular weight excluding hydrogens is 244 g/mol. The van der Waals surface area contributed by atoms with Crippen molar-refractivity contribution in [2.75, 3.05) is 16.8 Å². The molecule has 0 amide bonds. The predicted octanol–water partition coefficient (Wildman–Crippen LogP) is 2.62. The molecule has 0 aromatic carbocycles.